The Balaban J connectivity index is 2.58. The SMILES string of the molecule is CNCC(C)(C)Nc1cccnc1. The van der Waals surface area contributed by atoms with E-state index in [1.165, 1.54) is 0 Å². The summed E-state index contributed by atoms with van der Waals surface area (Å²) in [5.74, 6) is 0. The van der Waals surface area contributed by atoms with Crippen LogP contribution in [0.5, 0.6) is 0 Å². The van der Waals surface area contributed by atoms with Crippen molar-refractivity contribution in [3.63, 3.8) is 0 Å². The van der Waals surface area contributed by atoms with E-state index in [9.17, 15) is 0 Å². The minimum absolute atomic E-state index is 0.0534. The second-order valence-corrected chi connectivity index (χ2v) is 3.78. The molecule has 0 spiro atoms. The second kappa shape index (κ2) is 4.23. The van der Waals surface area contributed by atoms with Gasteiger partial charge in [-0.25, -0.2) is 0 Å². The molecule has 0 radical (unpaired) electrons. The van der Waals surface area contributed by atoms with Crippen molar-refractivity contribution in [3.05, 3.63) is 24.5 Å². The van der Waals surface area contributed by atoms with E-state index in [1.807, 2.05) is 25.4 Å². The van der Waals surface area contributed by atoms with Crippen molar-refractivity contribution in [2.75, 3.05) is 18.9 Å². The molecule has 0 aliphatic heterocycles. The fourth-order valence-corrected chi connectivity index (χ4v) is 1.31. The van der Waals surface area contributed by atoms with Gasteiger partial charge in [0, 0.05) is 24.5 Å². The lowest BCUT2D eigenvalue weighted by atomic mass is 10.1. The van der Waals surface area contributed by atoms with Crippen LogP contribution in [0.15, 0.2) is 24.5 Å². The van der Waals surface area contributed by atoms with Crippen LogP contribution in [0.25, 0.3) is 0 Å². The third-order valence-corrected chi connectivity index (χ3v) is 1.76. The highest BCUT2D eigenvalue weighted by Crippen LogP contribution is 2.11. The van der Waals surface area contributed by atoms with Crippen molar-refractivity contribution >= 4 is 5.69 Å². The third kappa shape index (κ3) is 3.42. The van der Waals surface area contributed by atoms with Crippen LogP contribution in [-0.4, -0.2) is 24.1 Å². The number of hydrogen-bond acceptors (Lipinski definition) is 3. The summed E-state index contributed by atoms with van der Waals surface area (Å²) in [6.07, 6.45) is 3.60. The molecule has 0 aliphatic rings. The van der Waals surface area contributed by atoms with Gasteiger partial charge < -0.3 is 10.6 Å². The van der Waals surface area contributed by atoms with Gasteiger partial charge in [0.1, 0.15) is 0 Å². The quantitative estimate of drug-likeness (QED) is 0.735. The highest BCUT2D eigenvalue weighted by atomic mass is 15.0. The first kappa shape index (κ1) is 9.99. The van der Waals surface area contributed by atoms with Crippen LogP contribution in [0.4, 0.5) is 5.69 Å². The lowest BCUT2D eigenvalue weighted by molar-refractivity contribution is 0.530. The average molecular weight is 179 g/mol. The summed E-state index contributed by atoms with van der Waals surface area (Å²) in [6.45, 7) is 5.22. The number of likely N-dealkylation sites (N-methyl/N-ethyl adjacent to an activating group) is 1. The van der Waals surface area contributed by atoms with E-state index in [-0.39, 0.29) is 5.54 Å². The number of nitrogens with zero attached hydrogens (tertiary/aromatic N) is 1. The molecule has 1 rings (SSSR count). The number of rotatable bonds is 4. The second-order valence-electron chi connectivity index (χ2n) is 3.78. The largest absolute Gasteiger partial charge is 0.378 e. The molecule has 2 N–H and O–H groups in total. The summed E-state index contributed by atoms with van der Waals surface area (Å²) in [7, 11) is 1.95. The molecule has 0 aromatic carbocycles. The Kier molecular flexibility index (Phi) is 3.25. The molecule has 1 aromatic heterocycles. The molecule has 0 unspecified atom stereocenters. The first-order valence-corrected chi connectivity index (χ1v) is 4.47. The molecule has 0 amide bonds. The lowest BCUT2D eigenvalue weighted by Gasteiger charge is -2.26. The average Bonchev–Trinajstić information content (AvgIpc) is 2.04. The minimum atomic E-state index is 0.0534. The van der Waals surface area contributed by atoms with Crippen LogP contribution in [0.3, 0.4) is 0 Å². The van der Waals surface area contributed by atoms with E-state index in [1.54, 1.807) is 6.20 Å². The van der Waals surface area contributed by atoms with Crippen LogP contribution in [0.1, 0.15) is 13.8 Å². The zero-order valence-electron chi connectivity index (χ0n) is 8.46. The number of hydrogen-bond donors (Lipinski definition) is 2. The van der Waals surface area contributed by atoms with Crippen molar-refractivity contribution in [2.24, 2.45) is 0 Å². The Morgan fingerprint density at radius 2 is 2.23 bits per heavy atom. The maximum atomic E-state index is 4.05. The Morgan fingerprint density at radius 1 is 1.46 bits per heavy atom. The summed E-state index contributed by atoms with van der Waals surface area (Å²) >= 11 is 0. The number of aromatic nitrogens is 1. The fraction of sp³-hybridized carbons (Fsp3) is 0.500. The fourth-order valence-electron chi connectivity index (χ4n) is 1.31. The summed E-state index contributed by atoms with van der Waals surface area (Å²) in [6, 6.07) is 3.95. The summed E-state index contributed by atoms with van der Waals surface area (Å²) in [5, 5.41) is 6.54. The molecule has 0 saturated carbocycles. The molecular formula is C10H17N3. The van der Waals surface area contributed by atoms with Crippen LogP contribution in [-0.2, 0) is 0 Å². The molecule has 0 bridgehead atoms. The van der Waals surface area contributed by atoms with Crippen LogP contribution in [0, 0.1) is 0 Å². The molecule has 0 atom stereocenters. The Morgan fingerprint density at radius 3 is 2.77 bits per heavy atom. The van der Waals surface area contributed by atoms with Gasteiger partial charge in [-0.05, 0) is 33.0 Å². The zero-order valence-corrected chi connectivity index (χ0v) is 8.46. The molecule has 72 valence electrons. The van der Waals surface area contributed by atoms with Crippen molar-refractivity contribution in [1.82, 2.24) is 10.3 Å². The Bertz CT molecular complexity index is 244. The molecule has 1 aromatic rings. The summed E-state index contributed by atoms with van der Waals surface area (Å²) < 4.78 is 0. The molecule has 0 saturated heterocycles. The van der Waals surface area contributed by atoms with Crippen molar-refractivity contribution in [1.29, 1.82) is 0 Å². The van der Waals surface area contributed by atoms with Crippen LogP contribution in [0.2, 0.25) is 0 Å². The minimum Gasteiger partial charge on any atom is -0.378 e. The van der Waals surface area contributed by atoms with Gasteiger partial charge in [-0.15, -0.1) is 0 Å². The lowest BCUT2D eigenvalue weighted by Crippen LogP contribution is -2.40. The van der Waals surface area contributed by atoms with Gasteiger partial charge in [-0.1, -0.05) is 0 Å². The predicted molar refractivity (Wildman–Crippen MR) is 55.9 cm³/mol. The first-order valence-electron chi connectivity index (χ1n) is 4.47. The third-order valence-electron chi connectivity index (χ3n) is 1.76. The zero-order chi connectivity index (χ0) is 9.73. The van der Waals surface area contributed by atoms with Crippen molar-refractivity contribution in [2.45, 2.75) is 19.4 Å². The highest BCUT2D eigenvalue weighted by Gasteiger charge is 2.15. The molecule has 3 heteroatoms. The van der Waals surface area contributed by atoms with E-state index >= 15 is 0 Å². The maximum Gasteiger partial charge on any atom is 0.0531 e. The van der Waals surface area contributed by atoms with Crippen molar-refractivity contribution in [3.8, 4) is 0 Å². The molecule has 13 heavy (non-hydrogen) atoms. The predicted octanol–water partition coefficient (Wildman–Crippen LogP) is 1.49. The maximum absolute atomic E-state index is 4.05. The van der Waals surface area contributed by atoms with Gasteiger partial charge in [0.15, 0.2) is 0 Å². The van der Waals surface area contributed by atoms with Gasteiger partial charge >= 0.3 is 0 Å². The summed E-state index contributed by atoms with van der Waals surface area (Å²) in [4.78, 5) is 4.05. The topological polar surface area (TPSA) is 37.0 Å². The standard InChI is InChI=1S/C10H17N3/c1-10(2,8-11-3)13-9-5-4-6-12-7-9/h4-7,11,13H,8H2,1-3H3. The van der Waals surface area contributed by atoms with Gasteiger partial charge in [-0.3, -0.25) is 4.98 Å². The van der Waals surface area contributed by atoms with E-state index in [0.29, 0.717) is 0 Å². The van der Waals surface area contributed by atoms with Crippen LogP contribution < -0.4 is 10.6 Å². The summed E-state index contributed by atoms with van der Waals surface area (Å²) in [5.41, 5.74) is 1.11. The van der Waals surface area contributed by atoms with Crippen LogP contribution >= 0.6 is 0 Å². The van der Waals surface area contributed by atoms with Crippen molar-refractivity contribution < 1.29 is 0 Å². The smallest absolute Gasteiger partial charge is 0.0531 e. The number of anilines is 1. The Labute approximate surface area is 79.6 Å². The van der Waals surface area contributed by atoms with E-state index in [0.717, 1.165) is 12.2 Å². The monoisotopic (exact) mass is 179 g/mol. The molecule has 0 fully saturated rings. The molecule has 3 nitrogen and oxygen atoms in total. The van der Waals surface area contributed by atoms with Gasteiger partial charge in [0.2, 0.25) is 0 Å². The van der Waals surface area contributed by atoms with Gasteiger partial charge in [0.25, 0.3) is 0 Å². The number of pyridine rings is 1. The number of nitrogens with one attached hydrogen (secondary N) is 2. The van der Waals surface area contributed by atoms with Gasteiger partial charge in [0.05, 0.1) is 5.69 Å². The highest BCUT2D eigenvalue weighted by molar-refractivity contribution is 5.42. The van der Waals surface area contributed by atoms with E-state index in [4.69, 9.17) is 0 Å². The van der Waals surface area contributed by atoms with Gasteiger partial charge in [-0.2, -0.15) is 0 Å². The molecular weight excluding hydrogens is 162 g/mol. The molecule has 1 heterocycles. The molecule has 0 aliphatic carbocycles. The van der Waals surface area contributed by atoms with E-state index < -0.39 is 0 Å². The first-order chi connectivity index (χ1) is 6.14. The Hall–Kier alpha value is -1.09. The van der Waals surface area contributed by atoms with E-state index in [2.05, 4.69) is 29.5 Å². The normalized spacial score (nSPS) is 11.3.